The molecule has 0 saturated heterocycles. The molecule has 1 aromatic heterocycles. The van der Waals surface area contributed by atoms with E-state index in [-0.39, 0.29) is 5.69 Å². The third kappa shape index (κ3) is 3.70. The minimum Gasteiger partial charge on any atom is -0.496 e. The zero-order chi connectivity index (χ0) is 18.5. The molecule has 0 unspecified atom stereocenters. The highest BCUT2D eigenvalue weighted by Gasteiger charge is 2.10. The molecule has 0 bridgehead atoms. The maximum absolute atomic E-state index is 11.6. The molecule has 0 N–H and O–H groups in total. The second-order valence-electron chi connectivity index (χ2n) is 5.46. The van der Waals surface area contributed by atoms with E-state index in [2.05, 4.69) is 0 Å². The van der Waals surface area contributed by atoms with Crippen LogP contribution >= 0.6 is 11.3 Å². The number of non-ortho nitro benzene ring substituents is 1. The number of nitrogens with zero attached hydrogens (tertiary/aromatic N) is 1. The molecule has 3 rings (SSSR count). The average Bonchev–Trinajstić information content (AvgIpc) is 3.21. The van der Waals surface area contributed by atoms with Gasteiger partial charge in [-0.2, -0.15) is 0 Å². The summed E-state index contributed by atoms with van der Waals surface area (Å²) in [5, 5.41) is 12.8. The fraction of sp³-hybridized carbons (Fsp3) is 0.0500. The Hall–Kier alpha value is -3.25. The van der Waals surface area contributed by atoms with E-state index >= 15 is 0 Å². The van der Waals surface area contributed by atoms with Gasteiger partial charge in [-0.3, -0.25) is 14.9 Å². The van der Waals surface area contributed by atoms with Crippen LogP contribution in [0.3, 0.4) is 0 Å². The van der Waals surface area contributed by atoms with Gasteiger partial charge in [0, 0.05) is 28.1 Å². The number of nitro benzene ring substituents is 1. The van der Waals surface area contributed by atoms with E-state index in [4.69, 9.17) is 4.74 Å². The smallest absolute Gasteiger partial charge is 0.269 e. The van der Waals surface area contributed by atoms with Crippen LogP contribution in [0.25, 0.3) is 22.1 Å². The number of thiophene rings is 1. The van der Waals surface area contributed by atoms with Crippen LogP contribution in [0.1, 0.15) is 11.1 Å². The molecule has 0 fully saturated rings. The van der Waals surface area contributed by atoms with E-state index < -0.39 is 4.92 Å². The Morgan fingerprint density at radius 2 is 1.92 bits per heavy atom. The molecular formula is C20H15NO4S. The summed E-state index contributed by atoms with van der Waals surface area (Å²) in [7, 11) is 1.57. The quantitative estimate of drug-likeness (QED) is 0.201. The van der Waals surface area contributed by atoms with Crippen LogP contribution in [0.2, 0.25) is 0 Å². The lowest BCUT2D eigenvalue weighted by Gasteiger charge is -2.08. The van der Waals surface area contributed by atoms with Gasteiger partial charge in [0.2, 0.25) is 0 Å². The third-order valence-corrected chi connectivity index (χ3v) is 4.80. The monoisotopic (exact) mass is 365 g/mol. The number of benzene rings is 2. The molecule has 3 aromatic rings. The zero-order valence-electron chi connectivity index (χ0n) is 13.9. The Morgan fingerprint density at radius 3 is 2.50 bits per heavy atom. The predicted molar refractivity (Wildman–Crippen MR) is 103 cm³/mol. The van der Waals surface area contributed by atoms with Crippen LogP contribution in [0.5, 0.6) is 5.75 Å². The highest BCUT2D eigenvalue weighted by Crippen LogP contribution is 2.32. The van der Waals surface area contributed by atoms with Crippen molar-refractivity contribution in [2.45, 2.75) is 0 Å². The molecule has 0 amide bonds. The van der Waals surface area contributed by atoms with Gasteiger partial charge in [0.1, 0.15) is 5.75 Å². The highest BCUT2D eigenvalue weighted by atomic mass is 32.1. The van der Waals surface area contributed by atoms with Crippen LogP contribution in [-0.4, -0.2) is 18.3 Å². The minimum atomic E-state index is -0.471. The summed E-state index contributed by atoms with van der Waals surface area (Å²) in [5.74, 6) is 0.645. The molecule has 0 spiro atoms. The Bertz CT molecular complexity index is 960. The molecule has 5 nitrogen and oxygen atoms in total. The summed E-state index contributed by atoms with van der Waals surface area (Å²) in [6.07, 6.45) is 2.46. The molecule has 6 heteroatoms. The van der Waals surface area contributed by atoms with Gasteiger partial charge in [-0.25, -0.2) is 0 Å². The topological polar surface area (TPSA) is 69.4 Å². The van der Waals surface area contributed by atoms with Crippen molar-refractivity contribution in [3.8, 4) is 16.2 Å². The Labute approximate surface area is 154 Å². The van der Waals surface area contributed by atoms with E-state index in [1.165, 1.54) is 12.1 Å². The van der Waals surface area contributed by atoms with Gasteiger partial charge < -0.3 is 4.74 Å². The largest absolute Gasteiger partial charge is 0.496 e. The van der Waals surface area contributed by atoms with Crippen molar-refractivity contribution in [2.75, 3.05) is 7.11 Å². The molecular weight excluding hydrogens is 350 g/mol. The second-order valence-corrected chi connectivity index (χ2v) is 6.40. The number of carbonyl (C=O) groups excluding carboxylic acids is 1. The zero-order valence-corrected chi connectivity index (χ0v) is 14.7. The number of aldehydes is 1. The molecule has 0 aliphatic carbocycles. The number of allylic oxidation sites excluding steroid dienone is 1. The van der Waals surface area contributed by atoms with Crippen molar-refractivity contribution < 1.29 is 14.5 Å². The van der Waals surface area contributed by atoms with Crippen molar-refractivity contribution in [1.29, 1.82) is 0 Å². The van der Waals surface area contributed by atoms with Crippen LogP contribution in [-0.2, 0) is 4.79 Å². The maximum atomic E-state index is 11.6. The molecule has 1 heterocycles. The number of hydrogen-bond donors (Lipinski definition) is 0. The first kappa shape index (κ1) is 17.6. The second kappa shape index (κ2) is 7.76. The van der Waals surface area contributed by atoms with Gasteiger partial charge in [-0.1, -0.05) is 6.07 Å². The average molecular weight is 365 g/mol. The van der Waals surface area contributed by atoms with Crippen molar-refractivity contribution in [1.82, 2.24) is 0 Å². The van der Waals surface area contributed by atoms with Gasteiger partial charge in [-0.15, -0.1) is 11.3 Å². The van der Waals surface area contributed by atoms with Crippen molar-refractivity contribution in [3.05, 3.63) is 81.2 Å². The lowest BCUT2D eigenvalue weighted by molar-refractivity contribution is -0.384. The van der Waals surface area contributed by atoms with E-state index in [0.29, 0.717) is 16.9 Å². The number of methoxy groups -OCH3 is 1. The molecule has 0 saturated carbocycles. The Kier molecular flexibility index (Phi) is 5.24. The molecule has 2 aromatic carbocycles. The van der Waals surface area contributed by atoms with Gasteiger partial charge >= 0.3 is 0 Å². The summed E-state index contributed by atoms with van der Waals surface area (Å²) in [5.41, 5.74) is 2.80. The van der Waals surface area contributed by atoms with Crippen LogP contribution in [0, 0.1) is 10.1 Å². The van der Waals surface area contributed by atoms with Crippen molar-refractivity contribution >= 4 is 35.0 Å². The SMILES string of the molecule is COc1ccc(-c2cccs2)cc1/C=C(\C=O)c1ccc([N+](=O)[O-])cc1. The molecule has 26 heavy (non-hydrogen) atoms. The summed E-state index contributed by atoms with van der Waals surface area (Å²) in [6, 6.07) is 15.7. The predicted octanol–water partition coefficient (Wildman–Crippen LogP) is 5.07. The molecule has 0 atom stereocenters. The summed E-state index contributed by atoms with van der Waals surface area (Å²) in [6.45, 7) is 0. The van der Waals surface area contributed by atoms with Gasteiger partial charge in [0.25, 0.3) is 5.69 Å². The molecule has 130 valence electrons. The first-order valence-corrected chi connectivity index (χ1v) is 8.64. The molecule has 0 radical (unpaired) electrons. The van der Waals surface area contributed by atoms with Crippen molar-refractivity contribution in [3.63, 3.8) is 0 Å². The van der Waals surface area contributed by atoms with Gasteiger partial charge in [0.05, 0.1) is 12.0 Å². The number of nitro groups is 1. The number of hydrogen-bond acceptors (Lipinski definition) is 5. The number of carbonyl (C=O) groups is 1. The number of rotatable bonds is 6. The van der Waals surface area contributed by atoms with E-state index in [1.54, 1.807) is 36.7 Å². The van der Waals surface area contributed by atoms with Crippen LogP contribution < -0.4 is 4.74 Å². The van der Waals surface area contributed by atoms with Gasteiger partial charge in [0.15, 0.2) is 6.29 Å². The highest BCUT2D eigenvalue weighted by molar-refractivity contribution is 7.13. The first-order valence-electron chi connectivity index (χ1n) is 7.76. The standard InChI is InChI=1S/C20H15NO4S/c1-25-19-9-6-15(20-3-2-10-26-20)11-16(19)12-17(13-22)14-4-7-18(8-5-14)21(23)24/h2-13H,1H3/b17-12+. The minimum absolute atomic E-state index is 0.0173. The van der Waals surface area contributed by atoms with E-state index in [9.17, 15) is 14.9 Å². The Balaban J connectivity index is 2.04. The van der Waals surface area contributed by atoms with Crippen LogP contribution in [0.15, 0.2) is 60.0 Å². The fourth-order valence-corrected chi connectivity index (χ4v) is 3.30. The molecule has 0 aliphatic heterocycles. The maximum Gasteiger partial charge on any atom is 0.269 e. The van der Waals surface area contributed by atoms with E-state index in [1.807, 2.05) is 35.7 Å². The van der Waals surface area contributed by atoms with Crippen molar-refractivity contribution in [2.24, 2.45) is 0 Å². The third-order valence-electron chi connectivity index (χ3n) is 3.88. The fourth-order valence-electron chi connectivity index (χ4n) is 2.57. The summed E-state index contributed by atoms with van der Waals surface area (Å²) in [4.78, 5) is 23.0. The Morgan fingerprint density at radius 1 is 1.15 bits per heavy atom. The van der Waals surface area contributed by atoms with E-state index in [0.717, 1.165) is 22.3 Å². The lowest BCUT2D eigenvalue weighted by Crippen LogP contribution is -1.92. The summed E-state index contributed by atoms with van der Waals surface area (Å²) >= 11 is 1.63. The lowest BCUT2D eigenvalue weighted by atomic mass is 10.0. The van der Waals surface area contributed by atoms with Crippen LogP contribution in [0.4, 0.5) is 5.69 Å². The molecule has 0 aliphatic rings. The first-order chi connectivity index (χ1) is 12.6. The summed E-state index contributed by atoms with van der Waals surface area (Å²) < 4.78 is 5.40. The van der Waals surface area contributed by atoms with Gasteiger partial charge in [-0.05, 0) is 59.0 Å². The number of ether oxygens (including phenoxy) is 1. The normalized spacial score (nSPS) is 11.2.